The van der Waals surface area contributed by atoms with Crippen molar-refractivity contribution in [2.75, 3.05) is 11.4 Å². The summed E-state index contributed by atoms with van der Waals surface area (Å²) in [6.07, 6.45) is 3.35. The smallest absolute Gasteiger partial charge is 0.226 e. The molecular weight excluding hydrogens is 338 g/mol. The molecule has 6 heteroatoms. The van der Waals surface area contributed by atoms with Gasteiger partial charge in [-0.05, 0) is 36.6 Å². The Kier molecular flexibility index (Phi) is 4.39. The van der Waals surface area contributed by atoms with E-state index in [0.29, 0.717) is 12.8 Å². The largest absolute Gasteiger partial charge is 0.384 e. The fourth-order valence-electron chi connectivity index (χ4n) is 3.63. The summed E-state index contributed by atoms with van der Waals surface area (Å²) in [7, 11) is 2.01. The molecule has 0 atom stereocenters. The van der Waals surface area contributed by atoms with E-state index < -0.39 is 0 Å². The third-order valence-corrected chi connectivity index (χ3v) is 5.22. The van der Waals surface area contributed by atoms with Crippen molar-refractivity contribution in [3.63, 3.8) is 0 Å². The van der Waals surface area contributed by atoms with E-state index in [1.165, 1.54) is 0 Å². The van der Waals surface area contributed by atoms with Gasteiger partial charge in [-0.15, -0.1) is 0 Å². The number of nitrogen functional groups attached to an aromatic ring is 1. The van der Waals surface area contributed by atoms with Crippen LogP contribution in [0.5, 0.6) is 0 Å². The number of nitrogens with two attached hydrogens (primary N) is 1. The fourth-order valence-corrected chi connectivity index (χ4v) is 3.63. The Labute approximate surface area is 158 Å². The van der Waals surface area contributed by atoms with Crippen molar-refractivity contribution >= 4 is 28.5 Å². The average Bonchev–Trinajstić information content (AvgIpc) is 2.97. The SMILES string of the molecule is Cn1c(Cc2ccc(C(=N)N)cc2)nc2cc(N3CCCCC3=O)ccc21. The van der Waals surface area contributed by atoms with E-state index in [-0.39, 0.29) is 11.7 Å². The molecule has 1 saturated heterocycles. The maximum atomic E-state index is 12.2. The summed E-state index contributed by atoms with van der Waals surface area (Å²) < 4.78 is 2.09. The predicted molar refractivity (Wildman–Crippen MR) is 107 cm³/mol. The van der Waals surface area contributed by atoms with Crippen LogP contribution >= 0.6 is 0 Å². The summed E-state index contributed by atoms with van der Waals surface area (Å²) in [4.78, 5) is 18.9. The van der Waals surface area contributed by atoms with Crippen molar-refractivity contribution in [1.82, 2.24) is 9.55 Å². The first kappa shape index (κ1) is 17.3. The van der Waals surface area contributed by atoms with E-state index in [9.17, 15) is 4.79 Å². The molecule has 1 amide bonds. The van der Waals surface area contributed by atoms with Crippen molar-refractivity contribution < 1.29 is 4.79 Å². The Bertz CT molecular complexity index is 1020. The number of carbonyl (C=O) groups excluding carboxylic acids is 1. The van der Waals surface area contributed by atoms with Crippen LogP contribution in [0.25, 0.3) is 11.0 Å². The van der Waals surface area contributed by atoms with Crippen LogP contribution in [0.4, 0.5) is 5.69 Å². The summed E-state index contributed by atoms with van der Waals surface area (Å²) in [5.74, 6) is 1.23. The van der Waals surface area contributed by atoms with Gasteiger partial charge < -0.3 is 15.2 Å². The van der Waals surface area contributed by atoms with Gasteiger partial charge >= 0.3 is 0 Å². The molecule has 0 unspecified atom stereocenters. The van der Waals surface area contributed by atoms with E-state index >= 15 is 0 Å². The summed E-state index contributed by atoms with van der Waals surface area (Å²) >= 11 is 0. The van der Waals surface area contributed by atoms with Crippen LogP contribution in [0.15, 0.2) is 42.5 Å². The lowest BCUT2D eigenvalue weighted by Gasteiger charge is -2.26. The fraction of sp³-hybridized carbons (Fsp3) is 0.286. The highest BCUT2D eigenvalue weighted by molar-refractivity contribution is 5.96. The summed E-state index contributed by atoms with van der Waals surface area (Å²) in [6, 6.07) is 13.8. The van der Waals surface area contributed by atoms with Crippen molar-refractivity contribution in [3.05, 3.63) is 59.4 Å². The van der Waals surface area contributed by atoms with Crippen molar-refractivity contribution in [1.29, 1.82) is 5.41 Å². The quantitative estimate of drug-likeness (QED) is 0.553. The number of benzene rings is 2. The minimum Gasteiger partial charge on any atom is -0.384 e. The number of hydrogen-bond acceptors (Lipinski definition) is 3. The van der Waals surface area contributed by atoms with Gasteiger partial charge in [0.15, 0.2) is 0 Å². The number of nitrogens with one attached hydrogen (secondary N) is 1. The molecule has 0 saturated carbocycles. The van der Waals surface area contributed by atoms with Crippen molar-refractivity contribution in [2.24, 2.45) is 12.8 Å². The molecule has 3 N–H and O–H groups in total. The molecule has 0 spiro atoms. The van der Waals surface area contributed by atoms with E-state index in [2.05, 4.69) is 4.57 Å². The van der Waals surface area contributed by atoms with Crippen LogP contribution in [0.3, 0.4) is 0 Å². The minimum absolute atomic E-state index is 0.0732. The van der Waals surface area contributed by atoms with Gasteiger partial charge in [0.25, 0.3) is 0 Å². The molecule has 0 bridgehead atoms. The molecule has 0 radical (unpaired) electrons. The van der Waals surface area contributed by atoms with Crippen molar-refractivity contribution in [3.8, 4) is 0 Å². The number of hydrogen-bond donors (Lipinski definition) is 2. The van der Waals surface area contributed by atoms with Crippen molar-refractivity contribution in [2.45, 2.75) is 25.7 Å². The number of fused-ring (bicyclic) bond motifs is 1. The highest BCUT2D eigenvalue weighted by atomic mass is 16.2. The van der Waals surface area contributed by atoms with Gasteiger partial charge in [0, 0.05) is 37.7 Å². The Morgan fingerprint density at radius 1 is 1.19 bits per heavy atom. The molecule has 0 aliphatic carbocycles. The van der Waals surface area contributed by atoms with Crippen LogP contribution in [0, 0.1) is 5.41 Å². The second-order valence-electron chi connectivity index (χ2n) is 7.05. The van der Waals surface area contributed by atoms with Gasteiger partial charge in [-0.2, -0.15) is 0 Å². The number of carbonyl (C=O) groups is 1. The second-order valence-corrected chi connectivity index (χ2v) is 7.05. The first-order chi connectivity index (χ1) is 13.0. The first-order valence-electron chi connectivity index (χ1n) is 9.22. The zero-order valence-electron chi connectivity index (χ0n) is 15.4. The van der Waals surface area contributed by atoms with Gasteiger partial charge in [-0.3, -0.25) is 10.2 Å². The molecule has 138 valence electrons. The maximum absolute atomic E-state index is 12.2. The summed E-state index contributed by atoms with van der Waals surface area (Å²) in [6.45, 7) is 0.784. The van der Waals surface area contributed by atoms with Gasteiger partial charge in [0.05, 0.1) is 11.0 Å². The zero-order valence-corrected chi connectivity index (χ0v) is 15.4. The van der Waals surface area contributed by atoms with E-state index in [1.54, 1.807) is 0 Å². The zero-order chi connectivity index (χ0) is 19.0. The number of aryl methyl sites for hydroxylation is 1. The topological polar surface area (TPSA) is 88.0 Å². The molecule has 2 heterocycles. The summed E-state index contributed by atoms with van der Waals surface area (Å²) in [5.41, 5.74) is 10.2. The van der Waals surface area contributed by atoms with Gasteiger partial charge in [0.2, 0.25) is 5.91 Å². The Balaban J connectivity index is 1.63. The molecule has 6 nitrogen and oxygen atoms in total. The number of imidazole rings is 1. The number of amidine groups is 1. The molecule has 1 aliphatic rings. The van der Waals surface area contributed by atoms with Crippen LogP contribution in [0.1, 0.15) is 36.2 Å². The second kappa shape index (κ2) is 6.87. The normalized spacial score (nSPS) is 14.7. The highest BCUT2D eigenvalue weighted by Crippen LogP contribution is 2.26. The molecule has 1 aromatic heterocycles. The number of nitrogens with zero attached hydrogens (tertiary/aromatic N) is 3. The van der Waals surface area contributed by atoms with Gasteiger partial charge in [-0.1, -0.05) is 24.3 Å². The van der Waals surface area contributed by atoms with Crippen LogP contribution in [-0.4, -0.2) is 27.8 Å². The van der Waals surface area contributed by atoms with Crippen LogP contribution < -0.4 is 10.6 Å². The van der Waals surface area contributed by atoms with E-state index in [1.807, 2.05) is 54.4 Å². The number of rotatable bonds is 4. The monoisotopic (exact) mass is 361 g/mol. The Morgan fingerprint density at radius 3 is 2.67 bits per heavy atom. The number of aromatic nitrogens is 2. The molecule has 1 aliphatic heterocycles. The average molecular weight is 361 g/mol. The number of amides is 1. The van der Waals surface area contributed by atoms with E-state index in [0.717, 1.165) is 53.1 Å². The van der Waals surface area contributed by atoms with Crippen LogP contribution in [0.2, 0.25) is 0 Å². The predicted octanol–water partition coefficient (Wildman–Crippen LogP) is 2.97. The Hall–Kier alpha value is -3.15. The maximum Gasteiger partial charge on any atom is 0.226 e. The third kappa shape index (κ3) is 3.30. The molecule has 1 fully saturated rings. The first-order valence-corrected chi connectivity index (χ1v) is 9.22. The third-order valence-electron chi connectivity index (χ3n) is 5.22. The van der Waals surface area contributed by atoms with E-state index in [4.69, 9.17) is 16.1 Å². The Morgan fingerprint density at radius 2 is 1.96 bits per heavy atom. The van der Waals surface area contributed by atoms with Gasteiger partial charge in [0.1, 0.15) is 11.7 Å². The summed E-state index contributed by atoms with van der Waals surface area (Å²) in [5, 5.41) is 7.49. The highest BCUT2D eigenvalue weighted by Gasteiger charge is 2.20. The van der Waals surface area contributed by atoms with Gasteiger partial charge in [-0.25, -0.2) is 4.98 Å². The number of anilines is 1. The molecule has 3 aromatic rings. The lowest BCUT2D eigenvalue weighted by Crippen LogP contribution is -2.35. The molecule has 4 rings (SSSR count). The molecule has 27 heavy (non-hydrogen) atoms. The standard InChI is InChI=1S/C21H23N5O/c1-25-18-10-9-16(26-11-3-2-4-20(26)27)13-17(18)24-19(25)12-14-5-7-15(8-6-14)21(22)23/h5-10,13H,2-4,11-12H2,1H3,(H3,22,23). The lowest BCUT2D eigenvalue weighted by atomic mass is 10.1. The van der Waals surface area contributed by atoms with Crippen LogP contribution in [-0.2, 0) is 18.3 Å². The number of piperidine rings is 1. The molecule has 2 aromatic carbocycles. The minimum atomic E-state index is 0.0732. The lowest BCUT2D eigenvalue weighted by molar-refractivity contribution is -0.119. The molecular formula is C21H23N5O.